The molecule has 5 N–H and O–H groups in total. The van der Waals surface area contributed by atoms with Crippen LogP contribution in [0.4, 0.5) is 11.6 Å². The van der Waals surface area contributed by atoms with Crippen LogP contribution in [-0.4, -0.2) is 9.97 Å². The zero-order valence-electron chi connectivity index (χ0n) is 6.84. The maximum Gasteiger partial charge on any atom is 0.198 e. The van der Waals surface area contributed by atoms with Gasteiger partial charge in [0.25, 0.3) is 0 Å². The molecular formula is C8H9ClN4. The number of benzene rings is 1. The van der Waals surface area contributed by atoms with Crippen LogP contribution >= 0.6 is 11.6 Å². The Hall–Kier alpha value is -1.42. The van der Waals surface area contributed by atoms with Gasteiger partial charge >= 0.3 is 0 Å². The number of nitrogens with two attached hydrogens (primary N) is 2. The summed E-state index contributed by atoms with van der Waals surface area (Å²) in [6, 6.07) is 3.63. The van der Waals surface area contributed by atoms with E-state index in [1.807, 2.05) is 6.07 Å². The highest BCUT2D eigenvalue weighted by Gasteiger charge is 2.07. The van der Waals surface area contributed by atoms with Gasteiger partial charge in [-0.3, -0.25) is 0 Å². The predicted molar refractivity (Wildman–Crippen MR) is 54.5 cm³/mol. The van der Waals surface area contributed by atoms with Crippen molar-refractivity contribution in [2.24, 2.45) is 0 Å². The maximum atomic E-state index is 5.75. The number of fused-ring (bicyclic) bond motifs is 1. The third kappa shape index (κ3) is 1.19. The minimum atomic E-state index is 0.341. The van der Waals surface area contributed by atoms with E-state index >= 15 is 0 Å². The minimum absolute atomic E-state index is 0.341. The highest BCUT2D eigenvalue weighted by atomic mass is 35.5. The number of anilines is 2. The molecule has 0 radical (unpaired) electrons. The molecule has 0 aliphatic rings. The molecule has 0 aliphatic carbocycles. The van der Waals surface area contributed by atoms with Crippen LogP contribution in [0.1, 0.15) is 5.56 Å². The first kappa shape index (κ1) is 8.19. The van der Waals surface area contributed by atoms with Gasteiger partial charge in [0.15, 0.2) is 5.95 Å². The van der Waals surface area contributed by atoms with Gasteiger partial charge in [-0.1, -0.05) is 0 Å². The Morgan fingerprint density at radius 3 is 2.85 bits per heavy atom. The number of H-pyrrole nitrogens is 1. The lowest BCUT2D eigenvalue weighted by Gasteiger charge is -2.00. The third-order valence-electron chi connectivity index (χ3n) is 1.95. The van der Waals surface area contributed by atoms with Crippen molar-refractivity contribution >= 4 is 34.3 Å². The molecule has 68 valence electrons. The van der Waals surface area contributed by atoms with Crippen molar-refractivity contribution in [2.75, 3.05) is 11.5 Å². The number of aromatic nitrogens is 2. The first-order valence-electron chi connectivity index (χ1n) is 3.81. The highest BCUT2D eigenvalue weighted by Crippen LogP contribution is 2.24. The number of halogens is 1. The van der Waals surface area contributed by atoms with Gasteiger partial charge in [0.05, 0.1) is 16.9 Å². The van der Waals surface area contributed by atoms with Crippen LogP contribution < -0.4 is 11.5 Å². The molecule has 13 heavy (non-hydrogen) atoms. The van der Waals surface area contributed by atoms with Gasteiger partial charge < -0.3 is 16.5 Å². The summed E-state index contributed by atoms with van der Waals surface area (Å²) >= 11 is 5.75. The summed E-state index contributed by atoms with van der Waals surface area (Å²) in [4.78, 5) is 7.02. The summed E-state index contributed by atoms with van der Waals surface area (Å²) in [5, 5.41) is 0. The van der Waals surface area contributed by atoms with Crippen molar-refractivity contribution in [1.29, 1.82) is 0 Å². The third-order valence-corrected chi connectivity index (χ3v) is 2.21. The molecule has 0 atom stereocenters. The molecule has 1 aromatic carbocycles. The summed E-state index contributed by atoms with van der Waals surface area (Å²) in [6.07, 6.45) is 0. The molecule has 4 nitrogen and oxygen atoms in total. The number of nitrogens with one attached hydrogen (secondary N) is 1. The zero-order valence-corrected chi connectivity index (χ0v) is 7.60. The van der Waals surface area contributed by atoms with Crippen molar-refractivity contribution in [3.05, 3.63) is 17.7 Å². The molecule has 0 spiro atoms. The topological polar surface area (TPSA) is 80.7 Å². The van der Waals surface area contributed by atoms with E-state index in [0.717, 1.165) is 16.6 Å². The Morgan fingerprint density at radius 1 is 1.38 bits per heavy atom. The van der Waals surface area contributed by atoms with Gasteiger partial charge in [-0.2, -0.15) is 0 Å². The van der Waals surface area contributed by atoms with Crippen molar-refractivity contribution in [3.63, 3.8) is 0 Å². The number of imidazole rings is 1. The van der Waals surface area contributed by atoms with Crippen LogP contribution in [0.15, 0.2) is 12.1 Å². The number of rotatable bonds is 1. The average Bonchev–Trinajstić information content (AvgIpc) is 2.45. The second-order valence-corrected chi connectivity index (χ2v) is 3.05. The van der Waals surface area contributed by atoms with E-state index in [0.29, 0.717) is 17.5 Å². The van der Waals surface area contributed by atoms with Gasteiger partial charge in [-0.25, -0.2) is 4.98 Å². The van der Waals surface area contributed by atoms with E-state index in [1.54, 1.807) is 6.07 Å². The van der Waals surface area contributed by atoms with Crippen LogP contribution in [0.25, 0.3) is 11.0 Å². The Labute approximate surface area is 79.9 Å². The second kappa shape index (κ2) is 2.81. The number of aromatic amines is 1. The number of nitrogens with zero attached hydrogens (tertiary/aromatic N) is 1. The quantitative estimate of drug-likeness (QED) is 0.477. The van der Waals surface area contributed by atoms with Crippen LogP contribution in [0.2, 0.25) is 0 Å². The lowest BCUT2D eigenvalue weighted by molar-refractivity contribution is 1.34. The van der Waals surface area contributed by atoms with E-state index in [1.165, 1.54) is 0 Å². The van der Waals surface area contributed by atoms with Gasteiger partial charge in [-0.05, 0) is 12.1 Å². The largest absolute Gasteiger partial charge is 0.398 e. The van der Waals surface area contributed by atoms with Gasteiger partial charge in [0.1, 0.15) is 0 Å². The standard InChI is InChI=1S/C8H9ClN4/c9-3-4-5(10)1-2-6-7(4)13-8(11)12-6/h1-2H,3,10H2,(H3,11,12,13). The number of alkyl halides is 1. The SMILES string of the molecule is Nc1nc2c(CCl)c(N)ccc2[nH]1. The molecule has 0 saturated carbocycles. The lowest BCUT2D eigenvalue weighted by Crippen LogP contribution is -1.92. The van der Waals surface area contributed by atoms with Gasteiger partial charge in [0, 0.05) is 11.3 Å². The van der Waals surface area contributed by atoms with Crippen LogP contribution in [0.3, 0.4) is 0 Å². The predicted octanol–water partition coefficient (Wildman–Crippen LogP) is 1.47. The smallest absolute Gasteiger partial charge is 0.198 e. The molecule has 0 unspecified atom stereocenters. The first-order chi connectivity index (χ1) is 6.22. The van der Waals surface area contributed by atoms with Gasteiger partial charge in [0.2, 0.25) is 0 Å². The molecule has 2 aromatic rings. The monoisotopic (exact) mass is 196 g/mol. The Bertz CT molecular complexity index is 449. The molecule has 1 aromatic heterocycles. The summed E-state index contributed by atoms with van der Waals surface area (Å²) < 4.78 is 0. The molecule has 0 amide bonds. The number of nitrogen functional groups attached to an aromatic ring is 2. The number of hydrogen-bond donors (Lipinski definition) is 3. The van der Waals surface area contributed by atoms with E-state index in [9.17, 15) is 0 Å². The fourth-order valence-electron chi connectivity index (χ4n) is 1.31. The van der Waals surface area contributed by atoms with E-state index in [4.69, 9.17) is 23.1 Å². The summed E-state index contributed by atoms with van der Waals surface area (Å²) in [5.41, 5.74) is 14.3. The van der Waals surface area contributed by atoms with Crippen molar-refractivity contribution < 1.29 is 0 Å². The molecule has 5 heteroatoms. The van der Waals surface area contributed by atoms with Gasteiger partial charge in [-0.15, -0.1) is 11.6 Å². The summed E-state index contributed by atoms with van der Waals surface area (Å²) in [6.45, 7) is 0. The minimum Gasteiger partial charge on any atom is -0.398 e. The first-order valence-corrected chi connectivity index (χ1v) is 4.34. The van der Waals surface area contributed by atoms with Crippen molar-refractivity contribution in [2.45, 2.75) is 5.88 Å². The normalized spacial score (nSPS) is 10.8. The molecule has 0 saturated heterocycles. The Morgan fingerprint density at radius 2 is 2.15 bits per heavy atom. The van der Waals surface area contributed by atoms with E-state index in [2.05, 4.69) is 9.97 Å². The van der Waals surface area contributed by atoms with Crippen molar-refractivity contribution in [3.8, 4) is 0 Å². The average molecular weight is 197 g/mol. The molecule has 0 fully saturated rings. The molecular weight excluding hydrogens is 188 g/mol. The molecule has 2 rings (SSSR count). The molecule has 1 heterocycles. The Balaban J connectivity index is 2.82. The maximum absolute atomic E-state index is 5.75. The van der Waals surface area contributed by atoms with Crippen molar-refractivity contribution in [1.82, 2.24) is 9.97 Å². The second-order valence-electron chi connectivity index (χ2n) is 2.79. The highest BCUT2D eigenvalue weighted by molar-refractivity contribution is 6.18. The van der Waals surface area contributed by atoms with E-state index in [-0.39, 0.29) is 0 Å². The molecule has 0 bridgehead atoms. The summed E-state index contributed by atoms with van der Waals surface area (Å²) in [7, 11) is 0. The van der Waals surface area contributed by atoms with Crippen LogP contribution in [-0.2, 0) is 5.88 Å². The number of hydrogen-bond acceptors (Lipinski definition) is 3. The van der Waals surface area contributed by atoms with Crippen LogP contribution in [0.5, 0.6) is 0 Å². The van der Waals surface area contributed by atoms with Crippen LogP contribution in [0, 0.1) is 0 Å². The molecule has 0 aliphatic heterocycles. The fraction of sp³-hybridized carbons (Fsp3) is 0.125. The van der Waals surface area contributed by atoms with E-state index < -0.39 is 0 Å². The lowest BCUT2D eigenvalue weighted by atomic mass is 10.1. The zero-order chi connectivity index (χ0) is 9.42. The fourth-order valence-corrected chi connectivity index (χ4v) is 1.59. The Kier molecular flexibility index (Phi) is 1.77. The summed E-state index contributed by atoms with van der Waals surface area (Å²) in [5.74, 6) is 0.722.